The number of aliphatic hydroxyl groups excluding tert-OH is 1. The lowest BCUT2D eigenvalue weighted by atomic mass is 9.83. The van der Waals surface area contributed by atoms with Gasteiger partial charge in [-0.05, 0) is 40.5 Å². The molecule has 0 radical (unpaired) electrons. The maximum atomic E-state index is 10.4. The van der Waals surface area contributed by atoms with Crippen LogP contribution in [-0.4, -0.2) is 35.6 Å². The highest BCUT2D eigenvalue weighted by atomic mass is 16.5. The predicted molar refractivity (Wildman–Crippen MR) is 62.3 cm³/mol. The van der Waals surface area contributed by atoms with Gasteiger partial charge >= 0.3 is 0 Å². The van der Waals surface area contributed by atoms with Crippen LogP contribution in [0.5, 0.6) is 0 Å². The first-order valence-electron chi connectivity index (χ1n) is 6.25. The fraction of sp³-hybridized carbons (Fsp3) is 1.00. The van der Waals surface area contributed by atoms with Crippen LogP contribution in [0.15, 0.2) is 0 Å². The van der Waals surface area contributed by atoms with Crippen molar-refractivity contribution in [3.05, 3.63) is 0 Å². The van der Waals surface area contributed by atoms with Crippen molar-refractivity contribution < 1.29 is 14.6 Å². The Bertz CT molecular complexity index is 234. The highest BCUT2D eigenvalue weighted by Crippen LogP contribution is 2.38. The van der Waals surface area contributed by atoms with E-state index in [-0.39, 0.29) is 29.1 Å². The molecule has 1 N–H and O–H groups in total. The monoisotopic (exact) mass is 228 g/mol. The van der Waals surface area contributed by atoms with Crippen molar-refractivity contribution in [1.82, 2.24) is 0 Å². The Morgan fingerprint density at radius 1 is 0.938 bits per heavy atom. The van der Waals surface area contributed by atoms with Crippen molar-refractivity contribution in [2.75, 3.05) is 13.2 Å². The topological polar surface area (TPSA) is 38.7 Å². The predicted octanol–water partition coefficient (Wildman–Crippen LogP) is 1.98. The fourth-order valence-corrected chi connectivity index (χ4v) is 2.99. The summed E-state index contributed by atoms with van der Waals surface area (Å²) in [6.45, 7) is 9.74. The van der Waals surface area contributed by atoms with Crippen molar-refractivity contribution in [2.24, 2.45) is 11.8 Å². The first-order chi connectivity index (χ1) is 7.29. The minimum absolute atomic E-state index is 0.0688. The number of aliphatic hydroxyl groups is 1. The largest absolute Gasteiger partial charge is 0.392 e. The van der Waals surface area contributed by atoms with E-state index in [9.17, 15) is 5.11 Å². The third-order valence-electron chi connectivity index (χ3n) is 3.85. The maximum absolute atomic E-state index is 10.4. The van der Waals surface area contributed by atoms with Crippen LogP contribution in [0, 0.1) is 11.8 Å². The summed E-state index contributed by atoms with van der Waals surface area (Å²) in [5.74, 6) is 0.551. The summed E-state index contributed by atoms with van der Waals surface area (Å²) in [6.07, 6.45) is 1.62. The van der Waals surface area contributed by atoms with E-state index in [0.717, 1.165) is 12.8 Å². The molecule has 0 saturated carbocycles. The first kappa shape index (κ1) is 12.3. The molecule has 0 aliphatic carbocycles. The van der Waals surface area contributed by atoms with Gasteiger partial charge in [0.05, 0.1) is 30.5 Å². The van der Waals surface area contributed by atoms with Crippen LogP contribution in [0.25, 0.3) is 0 Å². The van der Waals surface area contributed by atoms with E-state index in [1.807, 2.05) is 0 Å². The van der Waals surface area contributed by atoms with Crippen molar-refractivity contribution in [3.8, 4) is 0 Å². The van der Waals surface area contributed by atoms with Gasteiger partial charge in [0, 0.05) is 11.8 Å². The zero-order valence-electron chi connectivity index (χ0n) is 10.8. The van der Waals surface area contributed by atoms with Crippen LogP contribution >= 0.6 is 0 Å². The second-order valence-electron chi connectivity index (χ2n) is 6.56. The summed E-state index contributed by atoms with van der Waals surface area (Å²) < 4.78 is 11.4. The molecule has 0 aromatic carbocycles. The molecule has 2 fully saturated rings. The van der Waals surface area contributed by atoms with Gasteiger partial charge in [-0.1, -0.05) is 0 Å². The normalized spacial score (nSPS) is 38.8. The summed E-state index contributed by atoms with van der Waals surface area (Å²) in [4.78, 5) is 0. The molecule has 2 aliphatic rings. The first-order valence-corrected chi connectivity index (χ1v) is 6.25. The van der Waals surface area contributed by atoms with Gasteiger partial charge in [0.15, 0.2) is 0 Å². The summed E-state index contributed by atoms with van der Waals surface area (Å²) in [5.41, 5.74) is -0.138. The molecule has 0 aromatic heterocycles. The van der Waals surface area contributed by atoms with Gasteiger partial charge in [-0.3, -0.25) is 0 Å². The summed E-state index contributed by atoms with van der Waals surface area (Å²) in [7, 11) is 0. The Morgan fingerprint density at radius 2 is 1.31 bits per heavy atom. The number of ether oxygens (including phenoxy) is 2. The molecule has 0 amide bonds. The van der Waals surface area contributed by atoms with Gasteiger partial charge in [-0.15, -0.1) is 0 Å². The minimum atomic E-state index is -0.274. The van der Waals surface area contributed by atoms with Crippen LogP contribution in [0.1, 0.15) is 40.5 Å². The molecule has 16 heavy (non-hydrogen) atoms. The van der Waals surface area contributed by atoms with E-state index >= 15 is 0 Å². The Kier molecular flexibility index (Phi) is 3.06. The lowest BCUT2D eigenvalue weighted by molar-refractivity contribution is 0.0131. The smallest absolute Gasteiger partial charge is 0.0642 e. The molecule has 0 spiro atoms. The summed E-state index contributed by atoms with van der Waals surface area (Å²) in [5, 5.41) is 10.4. The van der Waals surface area contributed by atoms with Gasteiger partial charge < -0.3 is 14.6 Å². The van der Waals surface area contributed by atoms with Crippen molar-refractivity contribution in [1.29, 1.82) is 0 Å². The zero-order valence-corrected chi connectivity index (χ0v) is 10.8. The van der Waals surface area contributed by atoms with E-state index < -0.39 is 0 Å². The van der Waals surface area contributed by atoms with Crippen LogP contribution in [0.2, 0.25) is 0 Å². The Labute approximate surface area is 98.1 Å². The van der Waals surface area contributed by atoms with Gasteiger partial charge in [0.25, 0.3) is 0 Å². The highest BCUT2D eigenvalue weighted by molar-refractivity contribution is 4.92. The quantitative estimate of drug-likeness (QED) is 0.785. The molecule has 3 heteroatoms. The van der Waals surface area contributed by atoms with Gasteiger partial charge in [-0.25, -0.2) is 0 Å². The molecule has 2 saturated heterocycles. The Morgan fingerprint density at radius 3 is 1.56 bits per heavy atom. The van der Waals surface area contributed by atoms with Crippen molar-refractivity contribution >= 4 is 0 Å². The Balaban J connectivity index is 1.92. The maximum Gasteiger partial charge on any atom is 0.0642 e. The third-order valence-corrected chi connectivity index (χ3v) is 3.85. The van der Waals surface area contributed by atoms with Gasteiger partial charge in [-0.2, -0.15) is 0 Å². The lowest BCUT2D eigenvalue weighted by Gasteiger charge is -2.23. The molecule has 0 bridgehead atoms. The van der Waals surface area contributed by atoms with Crippen LogP contribution < -0.4 is 0 Å². The molecule has 2 heterocycles. The number of hydrogen-bond donors (Lipinski definition) is 1. The van der Waals surface area contributed by atoms with Crippen LogP contribution in [0.4, 0.5) is 0 Å². The SMILES string of the molecule is CC1(C)CC(C(O)C2COC(C)(C)C2)CO1. The molecular weight excluding hydrogens is 204 g/mol. The molecule has 2 aliphatic heterocycles. The van der Waals surface area contributed by atoms with E-state index in [0.29, 0.717) is 13.2 Å². The Hall–Kier alpha value is -0.120. The molecule has 94 valence electrons. The molecule has 2 atom stereocenters. The van der Waals surface area contributed by atoms with E-state index in [2.05, 4.69) is 27.7 Å². The standard InChI is InChI=1S/C13H24O3/c1-12(2)5-9(7-15-12)11(14)10-6-13(3,4)16-8-10/h9-11,14H,5-8H2,1-4H3. The minimum Gasteiger partial charge on any atom is -0.392 e. The summed E-state index contributed by atoms with van der Waals surface area (Å²) >= 11 is 0. The average Bonchev–Trinajstić information content (AvgIpc) is 2.68. The van der Waals surface area contributed by atoms with Crippen molar-refractivity contribution in [3.63, 3.8) is 0 Å². The van der Waals surface area contributed by atoms with Crippen LogP contribution in [-0.2, 0) is 9.47 Å². The fourth-order valence-electron chi connectivity index (χ4n) is 2.99. The molecule has 3 nitrogen and oxygen atoms in total. The molecule has 2 rings (SSSR count). The second kappa shape index (κ2) is 3.97. The van der Waals surface area contributed by atoms with E-state index in [1.54, 1.807) is 0 Å². The number of rotatable bonds is 2. The molecule has 0 aromatic rings. The molecular formula is C13H24O3. The summed E-state index contributed by atoms with van der Waals surface area (Å²) in [6, 6.07) is 0. The zero-order chi connectivity index (χ0) is 12.0. The van der Waals surface area contributed by atoms with Gasteiger partial charge in [0.2, 0.25) is 0 Å². The lowest BCUT2D eigenvalue weighted by Crippen LogP contribution is -2.31. The average molecular weight is 228 g/mol. The highest BCUT2D eigenvalue weighted by Gasteiger charge is 2.43. The molecule has 2 unspecified atom stereocenters. The van der Waals surface area contributed by atoms with E-state index in [4.69, 9.17) is 9.47 Å². The van der Waals surface area contributed by atoms with Crippen LogP contribution in [0.3, 0.4) is 0 Å². The van der Waals surface area contributed by atoms with Crippen molar-refractivity contribution in [2.45, 2.75) is 57.8 Å². The van der Waals surface area contributed by atoms with Gasteiger partial charge in [0.1, 0.15) is 0 Å². The van der Waals surface area contributed by atoms with E-state index in [1.165, 1.54) is 0 Å². The third kappa shape index (κ3) is 2.58. The number of hydrogen-bond acceptors (Lipinski definition) is 3. The second-order valence-corrected chi connectivity index (χ2v) is 6.56.